The molecular weight excluding hydrogens is 422 g/mol. The molecule has 4 N–H and O–H groups in total. The van der Waals surface area contributed by atoms with E-state index < -0.39 is 18.3 Å². The Hall–Kier alpha value is -3.68. The molecule has 0 saturated carbocycles. The van der Waals surface area contributed by atoms with Crippen LogP contribution in [0.1, 0.15) is 46.0 Å². The molecule has 3 aromatic rings. The minimum atomic E-state index is -1.36. The third-order valence-electron chi connectivity index (χ3n) is 5.91. The van der Waals surface area contributed by atoms with Crippen LogP contribution in [0.2, 0.25) is 0 Å². The molecular formula is C26H25NO6. The highest BCUT2D eigenvalue weighted by Crippen LogP contribution is 2.44. The standard InChI is InChI=1S/C26H25NO6/c1-15(28)21-12-16(10-11-23(21)29)25(31)24(30)13-27-26(32)33-14-22-19-8-4-2-6-17(19)18-7-3-5-9-20(18)22/h2-12,22,24-25,29-31H,13-14H2,1H3,(H,27,32). The number of hydrogen-bond acceptors (Lipinski definition) is 6. The molecule has 0 bridgehead atoms. The molecule has 170 valence electrons. The number of fused-ring (bicyclic) bond motifs is 3. The Bertz CT molecular complexity index is 1150. The van der Waals surface area contributed by atoms with Gasteiger partial charge in [0.05, 0.1) is 5.56 Å². The topological polar surface area (TPSA) is 116 Å². The van der Waals surface area contributed by atoms with E-state index in [1.165, 1.54) is 25.1 Å². The van der Waals surface area contributed by atoms with Gasteiger partial charge in [-0.25, -0.2) is 4.79 Å². The van der Waals surface area contributed by atoms with E-state index in [9.17, 15) is 24.9 Å². The number of benzene rings is 3. The van der Waals surface area contributed by atoms with Crippen LogP contribution in [0, 0.1) is 0 Å². The fourth-order valence-corrected chi connectivity index (χ4v) is 4.19. The Morgan fingerprint density at radius 2 is 1.58 bits per heavy atom. The summed E-state index contributed by atoms with van der Waals surface area (Å²) in [6.45, 7) is 1.17. The van der Waals surface area contributed by atoms with E-state index in [-0.39, 0.29) is 41.7 Å². The monoisotopic (exact) mass is 447 g/mol. The molecule has 2 atom stereocenters. The number of aromatic hydroxyl groups is 1. The number of rotatable bonds is 7. The molecule has 1 aliphatic rings. The number of ether oxygens (including phenoxy) is 1. The van der Waals surface area contributed by atoms with E-state index in [4.69, 9.17) is 4.74 Å². The van der Waals surface area contributed by atoms with Gasteiger partial charge in [0.25, 0.3) is 0 Å². The Labute approximate surface area is 191 Å². The summed E-state index contributed by atoms with van der Waals surface area (Å²) in [5.41, 5.74) is 4.73. The average Bonchev–Trinajstić information content (AvgIpc) is 3.14. The summed E-state index contributed by atoms with van der Waals surface area (Å²) >= 11 is 0. The first-order valence-corrected chi connectivity index (χ1v) is 10.7. The minimum Gasteiger partial charge on any atom is -0.507 e. The molecule has 0 radical (unpaired) electrons. The molecule has 7 heteroatoms. The number of phenolic OH excluding ortho intramolecular Hbond substituents is 1. The Morgan fingerprint density at radius 1 is 0.970 bits per heavy atom. The number of ketones is 1. The first-order chi connectivity index (χ1) is 15.9. The predicted octanol–water partition coefficient (Wildman–Crippen LogP) is 3.53. The Morgan fingerprint density at radius 3 is 2.18 bits per heavy atom. The van der Waals surface area contributed by atoms with Gasteiger partial charge in [-0.2, -0.15) is 0 Å². The maximum atomic E-state index is 12.3. The van der Waals surface area contributed by atoms with Gasteiger partial charge < -0.3 is 25.4 Å². The van der Waals surface area contributed by atoms with Crippen molar-refractivity contribution in [3.05, 3.63) is 89.0 Å². The van der Waals surface area contributed by atoms with Crippen LogP contribution in [0.15, 0.2) is 66.7 Å². The zero-order chi connectivity index (χ0) is 23.5. The maximum Gasteiger partial charge on any atom is 0.407 e. The van der Waals surface area contributed by atoms with Gasteiger partial charge >= 0.3 is 6.09 Å². The SMILES string of the molecule is CC(=O)c1cc(C(O)C(O)CNC(=O)OCC2c3ccccc3-c3ccccc32)ccc1O. The van der Waals surface area contributed by atoms with Gasteiger partial charge in [0.1, 0.15) is 24.6 Å². The lowest BCUT2D eigenvalue weighted by Crippen LogP contribution is -2.36. The summed E-state index contributed by atoms with van der Waals surface area (Å²) < 4.78 is 5.42. The van der Waals surface area contributed by atoms with E-state index in [0.717, 1.165) is 22.3 Å². The summed E-state index contributed by atoms with van der Waals surface area (Å²) in [6, 6.07) is 20.0. The van der Waals surface area contributed by atoms with Crippen LogP contribution in [0.3, 0.4) is 0 Å². The number of nitrogens with one attached hydrogen (secondary N) is 1. The number of hydrogen-bond donors (Lipinski definition) is 4. The number of aliphatic hydroxyl groups excluding tert-OH is 2. The van der Waals surface area contributed by atoms with Crippen molar-refractivity contribution < 1.29 is 29.6 Å². The zero-order valence-electron chi connectivity index (χ0n) is 18.1. The first-order valence-electron chi connectivity index (χ1n) is 10.7. The molecule has 4 rings (SSSR count). The van der Waals surface area contributed by atoms with Gasteiger partial charge in [-0.15, -0.1) is 0 Å². The van der Waals surface area contributed by atoms with Crippen LogP contribution >= 0.6 is 0 Å². The van der Waals surface area contributed by atoms with Crippen LogP contribution in [0.25, 0.3) is 11.1 Å². The van der Waals surface area contributed by atoms with Crippen LogP contribution in [0.5, 0.6) is 5.75 Å². The molecule has 3 aromatic carbocycles. The quantitative estimate of drug-likeness (QED) is 0.412. The molecule has 1 aliphatic carbocycles. The molecule has 7 nitrogen and oxygen atoms in total. The number of amides is 1. The molecule has 0 fully saturated rings. The second-order valence-corrected chi connectivity index (χ2v) is 8.05. The molecule has 0 aliphatic heterocycles. The van der Waals surface area contributed by atoms with Crippen molar-refractivity contribution in [2.45, 2.75) is 25.0 Å². The van der Waals surface area contributed by atoms with Crippen LogP contribution in [0.4, 0.5) is 4.79 Å². The third kappa shape index (κ3) is 4.60. The smallest absolute Gasteiger partial charge is 0.407 e. The number of phenols is 1. The fourth-order valence-electron chi connectivity index (χ4n) is 4.19. The van der Waals surface area contributed by atoms with Crippen molar-refractivity contribution in [3.8, 4) is 16.9 Å². The van der Waals surface area contributed by atoms with E-state index in [1.54, 1.807) is 0 Å². The molecule has 0 spiro atoms. The highest BCUT2D eigenvalue weighted by atomic mass is 16.5. The van der Waals surface area contributed by atoms with Gasteiger partial charge in [-0.1, -0.05) is 54.6 Å². The molecule has 33 heavy (non-hydrogen) atoms. The van der Waals surface area contributed by atoms with Gasteiger partial charge in [0.15, 0.2) is 5.78 Å². The van der Waals surface area contributed by atoms with Crippen LogP contribution in [-0.2, 0) is 4.74 Å². The van der Waals surface area contributed by atoms with Crippen molar-refractivity contribution in [2.24, 2.45) is 0 Å². The lowest BCUT2D eigenvalue weighted by Gasteiger charge is -2.20. The van der Waals surface area contributed by atoms with Gasteiger partial charge in [0, 0.05) is 12.5 Å². The minimum absolute atomic E-state index is 0.0447. The Balaban J connectivity index is 1.35. The van der Waals surface area contributed by atoms with E-state index in [2.05, 4.69) is 5.32 Å². The van der Waals surface area contributed by atoms with Gasteiger partial charge in [0.2, 0.25) is 0 Å². The van der Waals surface area contributed by atoms with Gasteiger partial charge in [-0.05, 0) is 46.9 Å². The fraction of sp³-hybridized carbons (Fsp3) is 0.231. The van der Waals surface area contributed by atoms with Crippen molar-refractivity contribution >= 4 is 11.9 Å². The van der Waals surface area contributed by atoms with E-state index >= 15 is 0 Å². The summed E-state index contributed by atoms with van der Waals surface area (Å²) in [5.74, 6) is -0.654. The molecule has 0 saturated heterocycles. The predicted molar refractivity (Wildman–Crippen MR) is 122 cm³/mol. The largest absolute Gasteiger partial charge is 0.507 e. The van der Waals surface area contributed by atoms with Crippen molar-refractivity contribution in [1.29, 1.82) is 0 Å². The summed E-state index contributed by atoms with van der Waals surface area (Å²) in [7, 11) is 0. The second kappa shape index (κ2) is 9.44. The lowest BCUT2D eigenvalue weighted by molar-refractivity contribution is 0.0185. The van der Waals surface area contributed by atoms with Crippen LogP contribution in [-0.4, -0.2) is 46.5 Å². The molecule has 2 unspecified atom stereocenters. The second-order valence-electron chi connectivity index (χ2n) is 8.05. The average molecular weight is 447 g/mol. The number of carbonyl (C=O) groups excluding carboxylic acids is 2. The van der Waals surface area contributed by atoms with Crippen molar-refractivity contribution in [1.82, 2.24) is 5.32 Å². The number of Topliss-reactive ketones (excluding diaryl/α,β-unsaturated/α-hetero) is 1. The molecule has 1 amide bonds. The number of aliphatic hydroxyl groups is 2. The third-order valence-corrected chi connectivity index (χ3v) is 5.91. The summed E-state index contributed by atoms with van der Waals surface area (Å²) in [6.07, 6.45) is -3.41. The number of alkyl carbamates (subject to hydrolysis) is 1. The summed E-state index contributed by atoms with van der Waals surface area (Å²) in [4.78, 5) is 23.9. The Kier molecular flexibility index (Phi) is 6.44. The highest BCUT2D eigenvalue weighted by Gasteiger charge is 2.29. The first kappa shape index (κ1) is 22.5. The van der Waals surface area contributed by atoms with Crippen molar-refractivity contribution in [3.63, 3.8) is 0 Å². The maximum absolute atomic E-state index is 12.3. The van der Waals surface area contributed by atoms with Crippen LogP contribution < -0.4 is 5.32 Å². The highest BCUT2D eigenvalue weighted by molar-refractivity contribution is 5.96. The normalized spacial score (nSPS) is 14.2. The van der Waals surface area contributed by atoms with Crippen molar-refractivity contribution in [2.75, 3.05) is 13.2 Å². The summed E-state index contributed by atoms with van der Waals surface area (Å²) in [5, 5.41) is 32.9. The molecule has 0 aromatic heterocycles. The lowest BCUT2D eigenvalue weighted by atomic mass is 9.98. The van der Waals surface area contributed by atoms with Gasteiger partial charge in [-0.3, -0.25) is 4.79 Å². The zero-order valence-corrected chi connectivity index (χ0v) is 18.1. The molecule has 0 heterocycles. The van der Waals surface area contributed by atoms with E-state index in [0.29, 0.717) is 0 Å². The number of carbonyl (C=O) groups is 2. The van der Waals surface area contributed by atoms with E-state index in [1.807, 2.05) is 48.5 Å².